The number of aromatic nitrogens is 2. The van der Waals surface area contributed by atoms with E-state index in [1.807, 2.05) is 42.6 Å². The molecule has 0 bridgehead atoms. The van der Waals surface area contributed by atoms with Gasteiger partial charge in [-0.2, -0.15) is 0 Å². The highest BCUT2D eigenvalue weighted by atomic mass is 32.2. The predicted molar refractivity (Wildman–Crippen MR) is 118 cm³/mol. The fraction of sp³-hybridized carbons (Fsp3) is 0.350. The van der Waals surface area contributed by atoms with Gasteiger partial charge < -0.3 is 15.0 Å². The molecule has 1 fully saturated rings. The number of carbonyl (C=O) groups is 1. The van der Waals surface area contributed by atoms with Crippen LogP contribution in [-0.2, 0) is 16.6 Å². The Morgan fingerprint density at radius 2 is 1.97 bits per heavy atom. The Hall–Kier alpha value is -2.36. The van der Waals surface area contributed by atoms with Crippen LogP contribution in [0.1, 0.15) is 6.92 Å². The molecule has 2 aromatic heterocycles. The van der Waals surface area contributed by atoms with Gasteiger partial charge in [-0.1, -0.05) is 11.8 Å². The summed E-state index contributed by atoms with van der Waals surface area (Å²) in [4.78, 5) is 31.9. The molecule has 9 heteroatoms. The highest BCUT2D eigenvalue weighted by molar-refractivity contribution is 8.00. The molecule has 1 aromatic carbocycles. The van der Waals surface area contributed by atoms with Crippen LogP contribution in [0.4, 0.5) is 11.4 Å². The van der Waals surface area contributed by atoms with Crippen molar-refractivity contribution in [1.29, 1.82) is 0 Å². The number of rotatable bonds is 5. The van der Waals surface area contributed by atoms with Gasteiger partial charge in [-0.15, -0.1) is 11.3 Å². The van der Waals surface area contributed by atoms with Crippen LogP contribution in [0.5, 0.6) is 0 Å². The van der Waals surface area contributed by atoms with Crippen molar-refractivity contribution in [3.8, 4) is 0 Å². The number of morpholine rings is 1. The van der Waals surface area contributed by atoms with E-state index in [-0.39, 0.29) is 11.5 Å². The summed E-state index contributed by atoms with van der Waals surface area (Å²) < 4.78 is 7.52. The van der Waals surface area contributed by atoms with Crippen molar-refractivity contribution in [2.24, 2.45) is 7.05 Å². The summed E-state index contributed by atoms with van der Waals surface area (Å²) in [7, 11) is 1.69. The zero-order valence-electron chi connectivity index (χ0n) is 16.3. The fourth-order valence-electron chi connectivity index (χ4n) is 3.11. The van der Waals surface area contributed by atoms with E-state index >= 15 is 0 Å². The van der Waals surface area contributed by atoms with Gasteiger partial charge >= 0.3 is 0 Å². The SMILES string of the molecule is CC(Sc1nc2ccsc2c(=O)n1C)C(=O)Nc1ccc(N2CCOCC2)cc1. The molecule has 3 aromatic rings. The highest BCUT2D eigenvalue weighted by Gasteiger charge is 2.19. The Kier molecular flexibility index (Phi) is 5.89. The molecule has 3 heterocycles. The molecule has 1 saturated heterocycles. The summed E-state index contributed by atoms with van der Waals surface area (Å²) in [5.74, 6) is -0.131. The number of hydrogen-bond donors (Lipinski definition) is 1. The Balaban J connectivity index is 1.42. The third-order valence-electron chi connectivity index (χ3n) is 4.81. The molecule has 0 spiro atoms. The van der Waals surface area contributed by atoms with E-state index < -0.39 is 5.25 Å². The van der Waals surface area contributed by atoms with Crippen LogP contribution in [0.2, 0.25) is 0 Å². The minimum absolute atomic E-state index is 0.0844. The fourth-order valence-corrected chi connectivity index (χ4v) is 4.79. The second-order valence-electron chi connectivity index (χ2n) is 6.79. The van der Waals surface area contributed by atoms with Gasteiger partial charge in [-0.3, -0.25) is 14.2 Å². The molecule has 4 rings (SSSR count). The standard InChI is InChI=1S/C20H22N4O3S2/c1-13(29-20-22-16-7-12-28-17(16)19(26)23(20)2)18(25)21-14-3-5-15(6-4-14)24-8-10-27-11-9-24/h3-7,12-13H,8-11H2,1-2H3,(H,21,25). The van der Waals surface area contributed by atoms with Crippen molar-refractivity contribution in [3.05, 3.63) is 46.1 Å². The average Bonchev–Trinajstić information content (AvgIpc) is 3.21. The lowest BCUT2D eigenvalue weighted by Crippen LogP contribution is -2.36. The largest absolute Gasteiger partial charge is 0.378 e. The van der Waals surface area contributed by atoms with Crippen molar-refractivity contribution in [3.63, 3.8) is 0 Å². The van der Waals surface area contributed by atoms with Crippen molar-refractivity contribution in [2.75, 3.05) is 36.5 Å². The maximum absolute atomic E-state index is 12.6. The lowest BCUT2D eigenvalue weighted by molar-refractivity contribution is -0.115. The summed E-state index contributed by atoms with van der Waals surface area (Å²) in [6, 6.07) is 9.66. The molecule has 0 saturated carbocycles. The monoisotopic (exact) mass is 430 g/mol. The summed E-state index contributed by atoms with van der Waals surface area (Å²) in [6.45, 7) is 5.03. The zero-order valence-corrected chi connectivity index (χ0v) is 17.9. The van der Waals surface area contributed by atoms with E-state index in [9.17, 15) is 9.59 Å². The Morgan fingerprint density at radius 3 is 2.69 bits per heavy atom. The van der Waals surface area contributed by atoms with E-state index in [4.69, 9.17) is 4.74 Å². The van der Waals surface area contributed by atoms with E-state index in [0.29, 0.717) is 15.4 Å². The van der Waals surface area contributed by atoms with Gasteiger partial charge in [-0.05, 0) is 42.6 Å². The third-order valence-corrected chi connectivity index (χ3v) is 6.84. The van der Waals surface area contributed by atoms with Crippen molar-refractivity contribution >= 4 is 50.6 Å². The first kappa shape index (κ1) is 19.9. The average molecular weight is 431 g/mol. The first-order chi connectivity index (χ1) is 14.0. The number of hydrogen-bond acceptors (Lipinski definition) is 7. The molecule has 1 aliphatic heterocycles. The number of fused-ring (bicyclic) bond motifs is 1. The molecule has 29 heavy (non-hydrogen) atoms. The molecular weight excluding hydrogens is 408 g/mol. The summed E-state index contributed by atoms with van der Waals surface area (Å²) in [6.07, 6.45) is 0. The Labute approximate surface area is 176 Å². The van der Waals surface area contributed by atoms with Crippen molar-refractivity contribution in [1.82, 2.24) is 9.55 Å². The van der Waals surface area contributed by atoms with E-state index in [2.05, 4.69) is 15.2 Å². The number of ether oxygens (including phenoxy) is 1. The number of nitrogens with zero attached hydrogens (tertiary/aromatic N) is 3. The Bertz CT molecular complexity index is 1070. The van der Waals surface area contributed by atoms with Crippen LogP contribution in [0.3, 0.4) is 0 Å². The quantitative estimate of drug-likeness (QED) is 0.495. The second kappa shape index (κ2) is 8.56. The van der Waals surface area contributed by atoms with E-state index in [1.165, 1.54) is 27.7 Å². The first-order valence-electron chi connectivity index (χ1n) is 9.37. The summed E-state index contributed by atoms with van der Waals surface area (Å²) in [5.41, 5.74) is 2.46. The Morgan fingerprint density at radius 1 is 1.24 bits per heavy atom. The maximum atomic E-state index is 12.6. The number of thiophene rings is 1. The lowest BCUT2D eigenvalue weighted by atomic mass is 10.2. The number of benzene rings is 1. The van der Waals surface area contributed by atoms with Crippen molar-refractivity contribution in [2.45, 2.75) is 17.3 Å². The highest BCUT2D eigenvalue weighted by Crippen LogP contribution is 2.25. The second-order valence-corrected chi connectivity index (χ2v) is 9.01. The molecule has 1 atom stereocenters. The van der Waals surface area contributed by atoms with Gasteiger partial charge in [0.05, 0.1) is 24.0 Å². The zero-order chi connectivity index (χ0) is 20.4. The van der Waals surface area contributed by atoms with Gasteiger partial charge in [0.25, 0.3) is 5.56 Å². The normalized spacial score (nSPS) is 15.4. The van der Waals surface area contributed by atoms with Crippen LogP contribution in [-0.4, -0.2) is 47.0 Å². The molecule has 0 aliphatic carbocycles. The van der Waals surface area contributed by atoms with Gasteiger partial charge in [-0.25, -0.2) is 4.98 Å². The molecule has 7 nitrogen and oxygen atoms in total. The summed E-state index contributed by atoms with van der Waals surface area (Å²) in [5, 5.41) is 4.93. The lowest BCUT2D eigenvalue weighted by Gasteiger charge is -2.28. The molecule has 1 unspecified atom stereocenters. The van der Waals surface area contributed by atoms with Gasteiger partial charge in [0, 0.05) is 31.5 Å². The van der Waals surface area contributed by atoms with Gasteiger partial charge in [0.1, 0.15) is 4.70 Å². The van der Waals surface area contributed by atoms with E-state index in [0.717, 1.165) is 37.7 Å². The van der Waals surface area contributed by atoms with E-state index in [1.54, 1.807) is 7.05 Å². The van der Waals surface area contributed by atoms with Crippen LogP contribution in [0.25, 0.3) is 10.2 Å². The number of anilines is 2. The molecular formula is C20H22N4O3S2. The van der Waals surface area contributed by atoms with Gasteiger partial charge in [0.15, 0.2) is 5.16 Å². The minimum Gasteiger partial charge on any atom is -0.378 e. The molecule has 1 amide bonds. The molecule has 0 radical (unpaired) electrons. The third kappa shape index (κ3) is 4.31. The van der Waals surface area contributed by atoms with Crippen molar-refractivity contribution < 1.29 is 9.53 Å². The molecule has 152 valence electrons. The van der Waals surface area contributed by atoms with Crippen LogP contribution in [0, 0.1) is 0 Å². The number of nitrogens with one attached hydrogen (secondary N) is 1. The maximum Gasteiger partial charge on any atom is 0.271 e. The first-order valence-corrected chi connectivity index (χ1v) is 11.1. The van der Waals surface area contributed by atoms with Crippen LogP contribution < -0.4 is 15.8 Å². The smallest absolute Gasteiger partial charge is 0.271 e. The number of carbonyl (C=O) groups excluding carboxylic acids is 1. The van der Waals surface area contributed by atoms with Gasteiger partial charge in [0.2, 0.25) is 5.91 Å². The number of thioether (sulfide) groups is 1. The molecule has 1 N–H and O–H groups in total. The predicted octanol–water partition coefficient (Wildman–Crippen LogP) is 2.95. The minimum atomic E-state index is -0.400. The van der Waals surface area contributed by atoms with Crippen LogP contribution >= 0.6 is 23.1 Å². The summed E-state index contributed by atoms with van der Waals surface area (Å²) >= 11 is 2.66. The van der Waals surface area contributed by atoms with Crippen LogP contribution in [0.15, 0.2) is 45.7 Å². The number of amides is 1. The molecule has 1 aliphatic rings. The topological polar surface area (TPSA) is 76.5 Å².